The topological polar surface area (TPSA) is 153 Å². The Morgan fingerprint density at radius 2 is 1.93 bits per heavy atom. The van der Waals surface area contributed by atoms with Crippen LogP contribution in [0.1, 0.15) is 48.2 Å². The number of benzene rings is 2. The number of likely N-dealkylation sites (tertiary alicyclic amines) is 1. The van der Waals surface area contributed by atoms with E-state index < -0.39 is 34.7 Å². The van der Waals surface area contributed by atoms with Crippen LogP contribution >= 0.6 is 12.6 Å². The van der Waals surface area contributed by atoms with E-state index in [1.165, 1.54) is 0 Å². The molecular formula is C33H39N5O6S. The Kier molecular flexibility index (Phi) is 8.78. The number of fused-ring (bicyclic) bond motifs is 2. The summed E-state index contributed by atoms with van der Waals surface area (Å²) in [5.41, 5.74) is 1.92. The molecule has 238 valence electrons. The summed E-state index contributed by atoms with van der Waals surface area (Å²) in [5.74, 6) is -1.57. The van der Waals surface area contributed by atoms with Crippen molar-refractivity contribution in [2.75, 3.05) is 20.2 Å². The summed E-state index contributed by atoms with van der Waals surface area (Å²) in [7, 11) is 1.57. The van der Waals surface area contributed by atoms with E-state index in [1.807, 2.05) is 48.5 Å². The highest BCUT2D eigenvalue weighted by atomic mass is 32.1. The van der Waals surface area contributed by atoms with Gasteiger partial charge in [-0.25, -0.2) is 0 Å². The summed E-state index contributed by atoms with van der Waals surface area (Å²) in [6.07, 6.45) is 3.15. The molecule has 6 atom stereocenters. The van der Waals surface area contributed by atoms with Gasteiger partial charge in [-0.15, -0.1) is 12.6 Å². The minimum absolute atomic E-state index is 0.00685. The van der Waals surface area contributed by atoms with Gasteiger partial charge in [0.2, 0.25) is 16.7 Å². The van der Waals surface area contributed by atoms with Crippen LogP contribution in [0.2, 0.25) is 0 Å². The maximum absolute atomic E-state index is 14.2. The van der Waals surface area contributed by atoms with Crippen molar-refractivity contribution in [2.24, 2.45) is 17.8 Å². The standard InChI is InChI=1S/C33H39N5O6S/c1-44-26-12-6-11-24-23(26)16-25(36-24)31(41)38-18-21-9-5-10-22(21)28(38)30(40)37-27(15-20-13-14-34-29(20)39)33(43,45)32(42)35-17-19-7-3-2-4-8-19/h2-4,6-8,11-12,16,20-22,27-28,36,43,45H,5,9-10,13-15,17-18H2,1H3,(H,34,39)(H,35,42)(H,37,40)/t20-,21-,22-,27-,28-,33-/m0/s1. The van der Waals surface area contributed by atoms with Gasteiger partial charge in [-0.3, -0.25) is 19.2 Å². The lowest BCUT2D eigenvalue weighted by Crippen LogP contribution is -2.61. The first-order valence-corrected chi connectivity index (χ1v) is 15.9. The molecule has 0 bridgehead atoms. The molecule has 45 heavy (non-hydrogen) atoms. The third-order valence-electron chi connectivity index (χ3n) is 9.61. The van der Waals surface area contributed by atoms with Gasteiger partial charge in [0.15, 0.2) is 0 Å². The monoisotopic (exact) mass is 633 g/mol. The summed E-state index contributed by atoms with van der Waals surface area (Å²) in [4.78, 5) is 56.5. The Hall–Kier alpha value is -4.03. The van der Waals surface area contributed by atoms with Gasteiger partial charge in [0.1, 0.15) is 17.5 Å². The van der Waals surface area contributed by atoms with Crippen LogP contribution in [0.4, 0.5) is 0 Å². The summed E-state index contributed by atoms with van der Waals surface area (Å²) in [5, 5.41) is 20.7. The Labute approximate surface area is 266 Å². The molecular weight excluding hydrogens is 594 g/mol. The van der Waals surface area contributed by atoms with Crippen LogP contribution in [-0.2, 0) is 20.9 Å². The number of thiol groups is 1. The van der Waals surface area contributed by atoms with E-state index in [0.29, 0.717) is 31.0 Å². The predicted octanol–water partition coefficient (Wildman–Crippen LogP) is 2.36. The number of H-pyrrole nitrogens is 1. The van der Waals surface area contributed by atoms with Crippen LogP contribution in [0.3, 0.4) is 0 Å². The highest BCUT2D eigenvalue weighted by molar-refractivity contribution is 7.82. The predicted molar refractivity (Wildman–Crippen MR) is 170 cm³/mol. The number of aromatic nitrogens is 1. The molecule has 1 saturated carbocycles. The third-order valence-corrected chi connectivity index (χ3v) is 10.1. The van der Waals surface area contributed by atoms with Gasteiger partial charge in [-0.05, 0) is 61.3 Å². The lowest BCUT2D eigenvalue weighted by atomic mass is 9.91. The van der Waals surface area contributed by atoms with Crippen LogP contribution < -0.4 is 20.7 Å². The molecule has 3 heterocycles. The summed E-state index contributed by atoms with van der Waals surface area (Å²) in [6.45, 7) is 1.04. The number of rotatable bonds is 10. The van der Waals surface area contributed by atoms with Gasteiger partial charge >= 0.3 is 0 Å². The Morgan fingerprint density at radius 3 is 2.67 bits per heavy atom. The highest BCUT2D eigenvalue weighted by Crippen LogP contribution is 2.43. The van der Waals surface area contributed by atoms with Crippen molar-refractivity contribution in [1.82, 2.24) is 25.8 Å². The van der Waals surface area contributed by atoms with E-state index >= 15 is 0 Å². The fourth-order valence-corrected chi connectivity index (χ4v) is 7.48. The van der Waals surface area contributed by atoms with Crippen molar-refractivity contribution in [3.05, 3.63) is 65.9 Å². The number of nitrogens with one attached hydrogen (secondary N) is 4. The molecule has 6 rings (SSSR count). The number of methoxy groups -OCH3 is 1. The fraction of sp³-hybridized carbons (Fsp3) is 0.455. The quantitative estimate of drug-likeness (QED) is 0.149. The second-order valence-electron chi connectivity index (χ2n) is 12.3. The average molecular weight is 634 g/mol. The normalized spacial score (nSPS) is 24.5. The molecule has 0 radical (unpaired) electrons. The van der Waals surface area contributed by atoms with Gasteiger partial charge < -0.3 is 35.7 Å². The van der Waals surface area contributed by atoms with E-state index in [-0.39, 0.29) is 36.6 Å². The Balaban J connectivity index is 1.25. The van der Waals surface area contributed by atoms with E-state index in [4.69, 9.17) is 4.74 Å². The number of carbonyl (C=O) groups is 4. The highest BCUT2D eigenvalue weighted by Gasteiger charge is 2.52. The van der Waals surface area contributed by atoms with E-state index in [0.717, 1.165) is 35.7 Å². The zero-order valence-corrected chi connectivity index (χ0v) is 26.0. The zero-order valence-electron chi connectivity index (χ0n) is 25.1. The first-order chi connectivity index (χ1) is 21.7. The molecule has 1 aromatic heterocycles. The molecule has 2 saturated heterocycles. The summed E-state index contributed by atoms with van der Waals surface area (Å²) in [6, 6.07) is 14.5. The summed E-state index contributed by atoms with van der Waals surface area (Å²) < 4.78 is 5.46. The van der Waals surface area contributed by atoms with Crippen LogP contribution in [-0.4, -0.2) is 75.8 Å². The number of amides is 4. The van der Waals surface area contributed by atoms with Crippen molar-refractivity contribution >= 4 is 47.2 Å². The van der Waals surface area contributed by atoms with Gasteiger partial charge in [0.05, 0.1) is 13.2 Å². The smallest absolute Gasteiger partial charge is 0.271 e. The van der Waals surface area contributed by atoms with E-state index in [2.05, 4.69) is 33.6 Å². The molecule has 1 aliphatic carbocycles. The molecule has 3 aromatic rings. The second-order valence-corrected chi connectivity index (χ2v) is 13.0. The molecule has 2 aliphatic heterocycles. The van der Waals surface area contributed by atoms with E-state index in [1.54, 1.807) is 18.1 Å². The van der Waals surface area contributed by atoms with Crippen LogP contribution in [0, 0.1) is 17.8 Å². The first-order valence-electron chi connectivity index (χ1n) is 15.5. The largest absolute Gasteiger partial charge is 0.496 e. The first kappa shape index (κ1) is 31.0. The van der Waals surface area contributed by atoms with Gasteiger partial charge in [-0.1, -0.05) is 42.8 Å². The molecule has 4 amide bonds. The van der Waals surface area contributed by atoms with Crippen molar-refractivity contribution < 1.29 is 29.0 Å². The average Bonchev–Trinajstić information content (AvgIpc) is 3.83. The third kappa shape index (κ3) is 6.13. The fourth-order valence-electron chi connectivity index (χ4n) is 7.23. The molecule has 11 nitrogen and oxygen atoms in total. The lowest BCUT2D eigenvalue weighted by Gasteiger charge is -2.35. The van der Waals surface area contributed by atoms with Crippen molar-refractivity contribution in [2.45, 2.75) is 55.7 Å². The number of aliphatic hydroxyl groups is 1. The minimum atomic E-state index is -2.33. The van der Waals surface area contributed by atoms with Gasteiger partial charge in [0, 0.05) is 36.5 Å². The molecule has 0 spiro atoms. The van der Waals surface area contributed by atoms with Crippen LogP contribution in [0.5, 0.6) is 5.75 Å². The van der Waals surface area contributed by atoms with Crippen molar-refractivity contribution in [1.29, 1.82) is 0 Å². The number of carbonyl (C=O) groups excluding carboxylic acids is 4. The molecule has 3 fully saturated rings. The van der Waals surface area contributed by atoms with Crippen molar-refractivity contribution in [3.8, 4) is 5.75 Å². The number of hydrogen-bond donors (Lipinski definition) is 6. The maximum Gasteiger partial charge on any atom is 0.271 e. The van der Waals surface area contributed by atoms with Gasteiger partial charge in [0.25, 0.3) is 11.8 Å². The molecule has 3 aliphatic rings. The van der Waals surface area contributed by atoms with Crippen LogP contribution in [0.25, 0.3) is 10.9 Å². The lowest BCUT2D eigenvalue weighted by molar-refractivity contribution is -0.137. The van der Waals surface area contributed by atoms with Crippen molar-refractivity contribution in [3.63, 3.8) is 0 Å². The Bertz CT molecular complexity index is 1590. The van der Waals surface area contributed by atoms with Crippen LogP contribution in [0.15, 0.2) is 54.6 Å². The molecule has 12 heteroatoms. The second kappa shape index (κ2) is 12.8. The van der Waals surface area contributed by atoms with E-state index in [9.17, 15) is 24.3 Å². The minimum Gasteiger partial charge on any atom is -0.496 e. The molecule has 5 N–H and O–H groups in total. The zero-order chi connectivity index (χ0) is 31.7. The number of hydrogen-bond acceptors (Lipinski definition) is 7. The van der Waals surface area contributed by atoms with Gasteiger partial charge in [-0.2, -0.15) is 0 Å². The number of nitrogens with zero attached hydrogens (tertiary/aromatic N) is 1. The molecule has 2 aromatic carbocycles. The number of ether oxygens (including phenoxy) is 1. The molecule has 0 unspecified atom stereocenters. The SMILES string of the molecule is COc1cccc2[nH]c(C(=O)N3C[C@@H]4CCC[C@@H]4[C@H]3C(=O)N[C@@H](C[C@@H]3CCNC3=O)[C@](O)(S)C(=O)NCc3ccccc3)cc12. The maximum atomic E-state index is 14.2. The summed E-state index contributed by atoms with van der Waals surface area (Å²) >= 11 is 4.39. The number of aromatic amines is 1. The Morgan fingerprint density at radius 1 is 1.13 bits per heavy atom.